The highest BCUT2D eigenvalue weighted by Gasteiger charge is 2.12. The number of hydrogen-bond donors (Lipinski definition) is 1. The topological polar surface area (TPSA) is 24.9 Å². The van der Waals surface area contributed by atoms with E-state index in [1.54, 1.807) is 0 Å². The fraction of sp³-hybridized carbons (Fsp3) is 0. The maximum Gasteiger partial charge on any atom is 0.0435 e. The van der Waals surface area contributed by atoms with Gasteiger partial charge in [-0.3, -0.25) is 4.98 Å². The molecule has 0 aliphatic heterocycles. The first-order chi connectivity index (χ1) is 12.9. The van der Waals surface area contributed by atoms with Crippen LogP contribution in [-0.2, 0) is 0 Å². The molecule has 2 nitrogen and oxygen atoms in total. The predicted molar refractivity (Wildman–Crippen MR) is 112 cm³/mol. The van der Waals surface area contributed by atoms with Crippen LogP contribution in [0.15, 0.2) is 91.3 Å². The van der Waals surface area contributed by atoms with Crippen LogP contribution in [0.1, 0.15) is 0 Å². The number of fused-ring (bicyclic) bond motifs is 3. The predicted octanol–water partition coefficient (Wildman–Crippen LogP) is 6.86. The molecule has 0 unspecified atom stereocenters. The first-order valence-corrected chi connectivity index (χ1v) is 9.38. The van der Waals surface area contributed by atoms with Crippen molar-refractivity contribution in [3.05, 3.63) is 91.3 Å². The number of nitrogens with one attached hydrogen (secondary N) is 1. The third-order valence-corrected chi connectivity index (χ3v) is 5.73. The lowest BCUT2D eigenvalue weighted by atomic mass is 10.0. The summed E-state index contributed by atoms with van der Waals surface area (Å²) >= 11 is 1.84. The third kappa shape index (κ3) is 2.63. The molecular formula is C23H16N2S. The van der Waals surface area contributed by atoms with Crippen LogP contribution in [0.5, 0.6) is 0 Å². The van der Waals surface area contributed by atoms with E-state index in [0.29, 0.717) is 0 Å². The van der Waals surface area contributed by atoms with Gasteiger partial charge in [0.1, 0.15) is 0 Å². The van der Waals surface area contributed by atoms with Crippen molar-refractivity contribution in [3.63, 3.8) is 0 Å². The van der Waals surface area contributed by atoms with E-state index in [9.17, 15) is 0 Å². The van der Waals surface area contributed by atoms with Gasteiger partial charge in [0.2, 0.25) is 0 Å². The monoisotopic (exact) mass is 352 g/mol. The smallest absolute Gasteiger partial charge is 0.0435 e. The van der Waals surface area contributed by atoms with Crippen LogP contribution in [0, 0.1) is 0 Å². The summed E-state index contributed by atoms with van der Waals surface area (Å²) in [6.07, 6.45) is 3.75. The summed E-state index contributed by atoms with van der Waals surface area (Å²) in [6, 6.07) is 27.5. The highest BCUT2D eigenvalue weighted by Crippen LogP contribution is 2.42. The summed E-state index contributed by atoms with van der Waals surface area (Å²) in [6.45, 7) is 0. The van der Waals surface area contributed by atoms with Crippen LogP contribution in [0.4, 0.5) is 11.4 Å². The van der Waals surface area contributed by atoms with Gasteiger partial charge in [0.25, 0.3) is 0 Å². The maximum absolute atomic E-state index is 4.32. The van der Waals surface area contributed by atoms with E-state index in [4.69, 9.17) is 0 Å². The molecule has 3 heteroatoms. The number of pyridine rings is 1. The van der Waals surface area contributed by atoms with E-state index in [-0.39, 0.29) is 0 Å². The van der Waals surface area contributed by atoms with Gasteiger partial charge in [-0.15, -0.1) is 11.3 Å². The molecule has 0 aliphatic rings. The number of benzene rings is 3. The molecule has 2 aromatic heterocycles. The van der Waals surface area contributed by atoms with Crippen molar-refractivity contribution in [1.29, 1.82) is 0 Å². The van der Waals surface area contributed by atoms with Crippen molar-refractivity contribution in [2.24, 2.45) is 0 Å². The summed E-state index contributed by atoms with van der Waals surface area (Å²) in [5.74, 6) is 0. The molecule has 0 spiro atoms. The van der Waals surface area contributed by atoms with E-state index in [2.05, 4.69) is 64.9 Å². The molecule has 26 heavy (non-hydrogen) atoms. The molecule has 5 aromatic rings. The second-order valence-corrected chi connectivity index (χ2v) is 7.28. The Balaban J connectivity index is 1.77. The Kier molecular flexibility index (Phi) is 3.65. The van der Waals surface area contributed by atoms with Crippen LogP contribution in [0.2, 0.25) is 0 Å². The largest absolute Gasteiger partial charge is 0.355 e. The van der Waals surface area contributed by atoms with Crippen molar-refractivity contribution >= 4 is 42.9 Å². The minimum absolute atomic E-state index is 1.09. The summed E-state index contributed by atoms with van der Waals surface area (Å²) in [4.78, 5) is 4.32. The molecular weight excluding hydrogens is 336 g/mol. The lowest BCUT2D eigenvalue weighted by Gasteiger charge is -2.10. The van der Waals surface area contributed by atoms with Gasteiger partial charge in [-0.2, -0.15) is 0 Å². The Hall–Kier alpha value is -3.17. The molecule has 0 bridgehead atoms. The number of hydrogen-bond acceptors (Lipinski definition) is 3. The van der Waals surface area contributed by atoms with Crippen molar-refractivity contribution in [2.75, 3.05) is 5.32 Å². The van der Waals surface area contributed by atoms with E-state index in [1.807, 2.05) is 48.0 Å². The number of aromatic nitrogens is 1. The molecule has 2 heterocycles. The van der Waals surface area contributed by atoms with Crippen molar-refractivity contribution in [2.45, 2.75) is 0 Å². The van der Waals surface area contributed by atoms with Gasteiger partial charge in [0.15, 0.2) is 0 Å². The Bertz CT molecular complexity index is 1190. The second kappa shape index (κ2) is 6.28. The van der Waals surface area contributed by atoms with E-state index in [0.717, 1.165) is 16.9 Å². The van der Waals surface area contributed by atoms with E-state index in [1.165, 1.54) is 25.7 Å². The summed E-state index contributed by atoms with van der Waals surface area (Å²) < 4.78 is 2.61. The Labute approximate surface area is 155 Å². The highest BCUT2D eigenvalue weighted by molar-refractivity contribution is 7.26. The molecule has 0 aliphatic carbocycles. The number of rotatable bonds is 3. The van der Waals surface area contributed by atoms with Gasteiger partial charge in [-0.25, -0.2) is 0 Å². The van der Waals surface area contributed by atoms with Gasteiger partial charge in [0.05, 0.1) is 0 Å². The molecule has 0 saturated heterocycles. The number of thiophene rings is 1. The van der Waals surface area contributed by atoms with Crippen LogP contribution < -0.4 is 5.32 Å². The average Bonchev–Trinajstić information content (AvgIpc) is 3.08. The molecule has 0 atom stereocenters. The molecule has 3 aromatic carbocycles. The maximum atomic E-state index is 4.32. The summed E-state index contributed by atoms with van der Waals surface area (Å²) in [5, 5.41) is 6.13. The Morgan fingerprint density at radius 3 is 2.42 bits per heavy atom. The molecule has 1 N–H and O–H groups in total. The van der Waals surface area contributed by atoms with Crippen LogP contribution in [0.25, 0.3) is 31.3 Å². The molecule has 0 saturated carbocycles. The molecule has 5 rings (SSSR count). The zero-order chi connectivity index (χ0) is 17.3. The lowest BCUT2D eigenvalue weighted by Crippen LogP contribution is -1.91. The zero-order valence-corrected chi connectivity index (χ0v) is 14.8. The van der Waals surface area contributed by atoms with Crippen molar-refractivity contribution < 1.29 is 0 Å². The van der Waals surface area contributed by atoms with E-state index >= 15 is 0 Å². The minimum Gasteiger partial charge on any atom is -0.355 e. The van der Waals surface area contributed by atoms with Gasteiger partial charge in [-0.1, -0.05) is 42.5 Å². The number of para-hydroxylation sites is 1. The minimum atomic E-state index is 1.09. The molecule has 0 radical (unpaired) electrons. The fourth-order valence-corrected chi connectivity index (χ4v) is 4.54. The van der Waals surface area contributed by atoms with Gasteiger partial charge in [0, 0.05) is 55.1 Å². The molecule has 0 amide bonds. The summed E-state index contributed by atoms with van der Waals surface area (Å²) in [5.41, 5.74) is 4.53. The lowest BCUT2D eigenvalue weighted by molar-refractivity contribution is 1.33. The van der Waals surface area contributed by atoms with Crippen molar-refractivity contribution in [1.82, 2.24) is 4.98 Å². The normalized spacial score (nSPS) is 11.1. The molecule has 0 fully saturated rings. The zero-order valence-electron chi connectivity index (χ0n) is 14.0. The third-order valence-electron chi connectivity index (χ3n) is 4.51. The standard InChI is InChI=1S/C23H16N2S/c1-2-8-17(9-3-1)25-18-13-20(16-7-6-12-24-15-16)23-21(14-18)19-10-4-5-11-22(19)26-23/h1-15,25H. The average molecular weight is 352 g/mol. The van der Waals surface area contributed by atoms with Crippen LogP contribution in [-0.4, -0.2) is 4.98 Å². The SMILES string of the molecule is c1ccc(Nc2cc(-c3cccnc3)c3sc4ccccc4c3c2)cc1. The van der Waals surface area contributed by atoms with Gasteiger partial charge >= 0.3 is 0 Å². The fourth-order valence-electron chi connectivity index (χ4n) is 3.32. The Morgan fingerprint density at radius 2 is 1.58 bits per heavy atom. The highest BCUT2D eigenvalue weighted by atomic mass is 32.1. The summed E-state index contributed by atoms with van der Waals surface area (Å²) in [7, 11) is 0. The quantitative estimate of drug-likeness (QED) is 0.383. The van der Waals surface area contributed by atoms with Gasteiger partial charge < -0.3 is 5.32 Å². The molecule has 124 valence electrons. The van der Waals surface area contributed by atoms with E-state index < -0.39 is 0 Å². The first-order valence-electron chi connectivity index (χ1n) is 8.56. The van der Waals surface area contributed by atoms with Crippen LogP contribution >= 0.6 is 11.3 Å². The van der Waals surface area contributed by atoms with Gasteiger partial charge in [-0.05, 0) is 36.4 Å². The van der Waals surface area contributed by atoms with Crippen molar-refractivity contribution in [3.8, 4) is 11.1 Å². The number of anilines is 2. The number of nitrogens with zero attached hydrogens (tertiary/aromatic N) is 1. The van der Waals surface area contributed by atoms with Crippen LogP contribution in [0.3, 0.4) is 0 Å². The second-order valence-electron chi connectivity index (χ2n) is 6.23. The Morgan fingerprint density at radius 1 is 0.731 bits per heavy atom. The first kappa shape index (κ1) is 15.1.